The lowest BCUT2D eigenvalue weighted by molar-refractivity contribution is -0.137. The molecule has 0 aliphatic carbocycles. The normalized spacial score (nSPS) is 11.4. The molecule has 0 aliphatic rings. The molecular formula is C16H12F3N3S. The molecule has 3 N–H and O–H groups in total. The molecule has 1 heterocycles. The third-order valence-corrected chi connectivity index (χ3v) is 3.89. The van der Waals surface area contributed by atoms with E-state index in [1.54, 1.807) is 18.2 Å². The summed E-state index contributed by atoms with van der Waals surface area (Å²) in [6.07, 6.45) is -4.37. The van der Waals surface area contributed by atoms with E-state index in [0.717, 1.165) is 23.4 Å². The number of thiazole rings is 1. The van der Waals surface area contributed by atoms with Crippen LogP contribution in [-0.2, 0) is 6.18 Å². The minimum atomic E-state index is -4.37. The average Bonchev–Trinajstić information content (AvgIpc) is 2.95. The van der Waals surface area contributed by atoms with Gasteiger partial charge in [-0.25, -0.2) is 4.98 Å². The van der Waals surface area contributed by atoms with Gasteiger partial charge < -0.3 is 11.1 Å². The topological polar surface area (TPSA) is 50.9 Å². The molecule has 0 spiro atoms. The van der Waals surface area contributed by atoms with E-state index in [4.69, 9.17) is 5.73 Å². The molecule has 0 unspecified atom stereocenters. The maximum absolute atomic E-state index is 12.7. The van der Waals surface area contributed by atoms with Crippen molar-refractivity contribution in [1.82, 2.24) is 4.98 Å². The molecule has 0 bridgehead atoms. The second kappa shape index (κ2) is 5.92. The van der Waals surface area contributed by atoms with Crippen LogP contribution in [0.5, 0.6) is 0 Å². The Kier molecular flexibility index (Phi) is 3.96. The molecule has 3 rings (SSSR count). The minimum Gasteiger partial charge on any atom is -0.399 e. The number of rotatable bonds is 3. The first-order valence-corrected chi connectivity index (χ1v) is 7.55. The molecule has 2 aromatic carbocycles. The van der Waals surface area contributed by atoms with Gasteiger partial charge in [-0.2, -0.15) is 13.2 Å². The van der Waals surface area contributed by atoms with Gasteiger partial charge in [-0.1, -0.05) is 18.2 Å². The summed E-state index contributed by atoms with van der Waals surface area (Å²) in [5.74, 6) is 0. The Labute approximate surface area is 134 Å². The summed E-state index contributed by atoms with van der Waals surface area (Å²) in [6, 6.07) is 12.3. The Morgan fingerprint density at radius 2 is 1.83 bits per heavy atom. The molecule has 0 atom stereocenters. The summed E-state index contributed by atoms with van der Waals surface area (Å²) in [5, 5.41) is 5.24. The van der Waals surface area contributed by atoms with Gasteiger partial charge in [0.05, 0.1) is 11.3 Å². The van der Waals surface area contributed by atoms with Crippen LogP contribution in [-0.4, -0.2) is 4.98 Å². The summed E-state index contributed by atoms with van der Waals surface area (Å²) in [7, 11) is 0. The highest BCUT2D eigenvalue weighted by atomic mass is 32.1. The maximum Gasteiger partial charge on any atom is 0.416 e. The zero-order valence-corrected chi connectivity index (χ0v) is 12.6. The maximum atomic E-state index is 12.7. The van der Waals surface area contributed by atoms with Crippen LogP contribution in [0.15, 0.2) is 53.9 Å². The Hall–Kier alpha value is -2.54. The highest BCUT2D eigenvalue weighted by Crippen LogP contribution is 2.32. The van der Waals surface area contributed by atoms with Crippen molar-refractivity contribution in [3.63, 3.8) is 0 Å². The van der Waals surface area contributed by atoms with Gasteiger partial charge in [-0.3, -0.25) is 0 Å². The number of anilines is 3. The quantitative estimate of drug-likeness (QED) is 0.651. The molecule has 1 aromatic heterocycles. The molecule has 0 radical (unpaired) electrons. The van der Waals surface area contributed by atoms with Crippen molar-refractivity contribution in [2.24, 2.45) is 0 Å². The fourth-order valence-corrected chi connectivity index (χ4v) is 2.80. The van der Waals surface area contributed by atoms with Crippen LogP contribution in [0.3, 0.4) is 0 Å². The second-order valence-electron chi connectivity index (χ2n) is 4.87. The van der Waals surface area contributed by atoms with E-state index in [9.17, 15) is 13.2 Å². The lowest BCUT2D eigenvalue weighted by Gasteiger charge is -2.08. The third kappa shape index (κ3) is 3.62. The molecule has 0 saturated carbocycles. The number of hydrogen-bond donors (Lipinski definition) is 2. The van der Waals surface area contributed by atoms with Gasteiger partial charge in [0.25, 0.3) is 0 Å². The highest BCUT2D eigenvalue weighted by Gasteiger charge is 2.30. The summed E-state index contributed by atoms with van der Waals surface area (Å²) in [6.45, 7) is 0. The van der Waals surface area contributed by atoms with Gasteiger partial charge >= 0.3 is 6.18 Å². The molecule has 0 fully saturated rings. The number of hydrogen-bond acceptors (Lipinski definition) is 4. The average molecular weight is 335 g/mol. The number of alkyl halides is 3. The van der Waals surface area contributed by atoms with Crippen molar-refractivity contribution in [2.75, 3.05) is 11.1 Å². The summed E-state index contributed by atoms with van der Waals surface area (Å²) >= 11 is 1.31. The SMILES string of the molecule is Nc1cccc(-c2csc(Nc3cccc(C(F)(F)F)c3)n2)c1. The van der Waals surface area contributed by atoms with Crippen LogP contribution >= 0.6 is 11.3 Å². The van der Waals surface area contributed by atoms with Gasteiger partial charge in [0.1, 0.15) is 0 Å². The molecule has 118 valence electrons. The number of aromatic nitrogens is 1. The Balaban J connectivity index is 1.82. The lowest BCUT2D eigenvalue weighted by atomic mass is 10.1. The van der Waals surface area contributed by atoms with E-state index < -0.39 is 11.7 Å². The Morgan fingerprint density at radius 3 is 2.57 bits per heavy atom. The molecule has 0 amide bonds. The van der Waals surface area contributed by atoms with Crippen LogP contribution in [0, 0.1) is 0 Å². The standard InChI is InChI=1S/C16H12F3N3S/c17-16(18,19)11-4-2-6-13(8-11)21-15-22-14(9-23-15)10-3-1-5-12(20)7-10/h1-9H,20H2,(H,21,22). The lowest BCUT2D eigenvalue weighted by Crippen LogP contribution is -2.05. The van der Waals surface area contributed by atoms with Crippen LogP contribution < -0.4 is 11.1 Å². The first-order valence-electron chi connectivity index (χ1n) is 6.67. The summed E-state index contributed by atoms with van der Waals surface area (Å²) in [5.41, 5.74) is 7.59. The second-order valence-corrected chi connectivity index (χ2v) is 5.73. The van der Waals surface area contributed by atoms with Crippen molar-refractivity contribution in [1.29, 1.82) is 0 Å². The van der Waals surface area contributed by atoms with Crippen molar-refractivity contribution >= 4 is 27.8 Å². The smallest absolute Gasteiger partial charge is 0.399 e. The van der Waals surface area contributed by atoms with Gasteiger partial charge in [0.2, 0.25) is 0 Å². The van der Waals surface area contributed by atoms with Crippen LogP contribution in [0.25, 0.3) is 11.3 Å². The molecule has 0 aliphatic heterocycles. The van der Waals surface area contributed by atoms with Crippen molar-refractivity contribution in [3.05, 3.63) is 59.5 Å². The Morgan fingerprint density at radius 1 is 1.04 bits per heavy atom. The van der Waals surface area contributed by atoms with Gasteiger partial charge in [0, 0.05) is 22.3 Å². The highest BCUT2D eigenvalue weighted by molar-refractivity contribution is 7.14. The van der Waals surface area contributed by atoms with Crippen LogP contribution in [0.4, 0.5) is 29.7 Å². The van der Waals surface area contributed by atoms with E-state index in [1.807, 2.05) is 17.5 Å². The number of halogens is 3. The fraction of sp³-hybridized carbons (Fsp3) is 0.0625. The fourth-order valence-electron chi connectivity index (χ4n) is 2.06. The molecule has 3 aromatic rings. The summed E-state index contributed by atoms with van der Waals surface area (Å²) < 4.78 is 38.2. The van der Waals surface area contributed by atoms with Gasteiger partial charge in [0.15, 0.2) is 5.13 Å². The van der Waals surface area contributed by atoms with E-state index in [-0.39, 0.29) is 0 Å². The minimum absolute atomic E-state index is 0.341. The molecule has 7 heteroatoms. The number of nitrogen functional groups attached to an aromatic ring is 1. The number of benzene rings is 2. The number of nitrogens with one attached hydrogen (secondary N) is 1. The first-order chi connectivity index (χ1) is 10.9. The van der Waals surface area contributed by atoms with Gasteiger partial charge in [-0.05, 0) is 30.3 Å². The van der Waals surface area contributed by atoms with E-state index in [1.165, 1.54) is 17.4 Å². The van der Waals surface area contributed by atoms with Crippen LogP contribution in [0.1, 0.15) is 5.56 Å². The molecule has 23 heavy (non-hydrogen) atoms. The van der Waals surface area contributed by atoms with Crippen molar-refractivity contribution in [3.8, 4) is 11.3 Å². The molecular weight excluding hydrogens is 323 g/mol. The molecule has 0 saturated heterocycles. The number of nitrogens with zero attached hydrogens (tertiary/aromatic N) is 1. The Bertz CT molecular complexity index is 827. The predicted molar refractivity (Wildman–Crippen MR) is 86.7 cm³/mol. The monoisotopic (exact) mass is 335 g/mol. The van der Waals surface area contributed by atoms with Crippen molar-refractivity contribution in [2.45, 2.75) is 6.18 Å². The van der Waals surface area contributed by atoms with E-state index >= 15 is 0 Å². The summed E-state index contributed by atoms with van der Waals surface area (Å²) in [4.78, 5) is 4.38. The zero-order valence-electron chi connectivity index (χ0n) is 11.8. The molecule has 3 nitrogen and oxygen atoms in total. The first kappa shape index (κ1) is 15.4. The zero-order chi connectivity index (χ0) is 16.4. The van der Waals surface area contributed by atoms with Crippen molar-refractivity contribution < 1.29 is 13.2 Å². The van der Waals surface area contributed by atoms with E-state index in [2.05, 4.69) is 10.3 Å². The largest absolute Gasteiger partial charge is 0.416 e. The predicted octanol–water partition coefficient (Wildman–Crippen LogP) is 5.15. The van der Waals surface area contributed by atoms with Gasteiger partial charge in [-0.15, -0.1) is 11.3 Å². The third-order valence-electron chi connectivity index (χ3n) is 3.13. The number of nitrogens with two attached hydrogens (primary N) is 1. The van der Waals surface area contributed by atoms with E-state index in [0.29, 0.717) is 16.5 Å². The van der Waals surface area contributed by atoms with Crippen LogP contribution in [0.2, 0.25) is 0 Å².